The van der Waals surface area contributed by atoms with Crippen LogP contribution < -0.4 is 11.3 Å². The first-order chi connectivity index (χ1) is 11.5. The van der Waals surface area contributed by atoms with Gasteiger partial charge >= 0.3 is 0 Å². The highest BCUT2D eigenvalue weighted by molar-refractivity contribution is 5.80. The van der Waals surface area contributed by atoms with E-state index in [1.165, 1.54) is 13.3 Å². The molecule has 8 heteroatoms. The lowest BCUT2D eigenvalue weighted by Crippen LogP contribution is -2.45. The van der Waals surface area contributed by atoms with Crippen LogP contribution in [-0.2, 0) is 22.6 Å². The molecule has 24 heavy (non-hydrogen) atoms. The number of likely N-dealkylation sites (tertiary alicyclic amines) is 1. The maximum Gasteiger partial charge on any atom is 0.254 e. The Hall–Kier alpha value is -2.22. The van der Waals surface area contributed by atoms with E-state index < -0.39 is 0 Å². The molecule has 0 aromatic carbocycles. The van der Waals surface area contributed by atoms with E-state index in [0.29, 0.717) is 50.3 Å². The van der Waals surface area contributed by atoms with Crippen LogP contribution in [-0.4, -0.2) is 57.3 Å². The number of hydrogen-bond donors (Lipinski definition) is 2. The van der Waals surface area contributed by atoms with E-state index in [-0.39, 0.29) is 29.3 Å². The molecule has 8 nitrogen and oxygen atoms in total. The van der Waals surface area contributed by atoms with Gasteiger partial charge in [-0.1, -0.05) is 0 Å². The Morgan fingerprint density at radius 3 is 2.83 bits per heavy atom. The molecule has 0 saturated carbocycles. The monoisotopic (exact) mass is 333 g/mol. The normalized spacial score (nSPS) is 24.2. The lowest BCUT2D eigenvalue weighted by atomic mass is 9.98. The smallest absolute Gasteiger partial charge is 0.254 e. The second-order valence-corrected chi connectivity index (χ2v) is 6.63. The maximum atomic E-state index is 12.9. The first kappa shape index (κ1) is 16.6. The number of hydrogen-bond acceptors (Lipinski definition) is 5. The highest BCUT2D eigenvalue weighted by Crippen LogP contribution is 2.22. The molecule has 3 rings (SSSR count). The Kier molecular flexibility index (Phi) is 4.66. The molecule has 1 aromatic heterocycles. The number of nitrogens with two attached hydrogens (primary N) is 1. The third kappa shape index (κ3) is 3.33. The van der Waals surface area contributed by atoms with Crippen molar-refractivity contribution in [2.24, 2.45) is 11.7 Å². The van der Waals surface area contributed by atoms with Crippen molar-refractivity contribution in [2.75, 3.05) is 19.6 Å². The number of carbonyl (C=O) groups is 2. The minimum atomic E-state index is -0.244. The summed E-state index contributed by atoms with van der Waals surface area (Å²) in [5.41, 5.74) is 7.21. The molecule has 1 aromatic rings. The van der Waals surface area contributed by atoms with Crippen molar-refractivity contribution in [1.29, 1.82) is 0 Å². The van der Waals surface area contributed by atoms with E-state index in [2.05, 4.69) is 9.97 Å². The van der Waals surface area contributed by atoms with Crippen molar-refractivity contribution in [2.45, 2.75) is 38.8 Å². The van der Waals surface area contributed by atoms with E-state index in [9.17, 15) is 14.4 Å². The first-order valence-electron chi connectivity index (χ1n) is 8.31. The molecule has 2 amide bonds. The number of fused-ring (bicyclic) bond motifs is 1. The van der Waals surface area contributed by atoms with Gasteiger partial charge in [-0.25, -0.2) is 4.98 Å². The van der Waals surface area contributed by atoms with E-state index in [1.807, 2.05) is 0 Å². The highest BCUT2D eigenvalue weighted by Gasteiger charge is 2.33. The molecule has 2 aliphatic heterocycles. The van der Waals surface area contributed by atoms with Gasteiger partial charge < -0.3 is 20.5 Å². The van der Waals surface area contributed by atoms with Gasteiger partial charge in [-0.2, -0.15) is 0 Å². The van der Waals surface area contributed by atoms with E-state index in [0.717, 1.165) is 6.42 Å². The van der Waals surface area contributed by atoms with Crippen molar-refractivity contribution < 1.29 is 9.59 Å². The average Bonchev–Trinajstić information content (AvgIpc) is 2.76. The van der Waals surface area contributed by atoms with Crippen LogP contribution in [0.2, 0.25) is 0 Å². The van der Waals surface area contributed by atoms with Crippen LogP contribution in [0.4, 0.5) is 0 Å². The van der Waals surface area contributed by atoms with E-state index >= 15 is 0 Å². The van der Waals surface area contributed by atoms with Gasteiger partial charge in [-0.05, 0) is 19.3 Å². The number of aromatic nitrogens is 2. The van der Waals surface area contributed by atoms with Crippen LogP contribution in [0.15, 0.2) is 11.1 Å². The molecule has 2 atom stereocenters. The number of amides is 2. The zero-order valence-electron chi connectivity index (χ0n) is 13.8. The zero-order chi connectivity index (χ0) is 17.3. The third-order valence-corrected chi connectivity index (χ3v) is 4.90. The standard InChI is InChI=1S/C16H23N5O3/c1-10(22)21-6-11(2-3-12(17)7-21)16(24)20-5-4-13-14(8-20)18-9-19-15(13)23/h9,11-12H,2-8,17H2,1H3,(H,18,19,23)/t11-,12+/m1/s1. The maximum absolute atomic E-state index is 12.9. The topological polar surface area (TPSA) is 112 Å². The first-order valence-corrected chi connectivity index (χ1v) is 8.31. The lowest BCUT2D eigenvalue weighted by Gasteiger charge is -2.31. The summed E-state index contributed by atoms with van der Waals surface area (Å²) in [5.74, 6) is -0.281. The van der Waals surface area contributed by atoms with Crippen molar-refractivity contribution in [3.05, 3.63) is 27.9 Å². The Morgan fingerprint density at radius 1 is 1.29 bits per heavy atom. The number of rotatable bonds is 1. The Labute approximate surface area is 140 Å². The van der Waals surface area contributed by atoms with Gasteiger partial charge in [0.05, 0.1) is 24.5 Å². The summed E-state index contributed by atoms with van der Waals surface area (Å²) in [4.78, 5) is 46.6. The Balaban J connectivity index is 1.74. The zero-order valence-corrected chi connectivity index (χ0v) is 13.8. The van der Waals surface area contributed by atoms with Gasteiger partial charge in [0, 0.05) is 38.2 Å². The number of nitrogens with zero attached hydrogens (tertiary/aromatic N) is 3. The molecule has 130 valence electrons. The van der Waals surface area contributed by atoms with Crippen LogP contribution in [0.25, 0.3) is 0 Å². The van der Waals surface area contributed by atoms with Crippen molar-refractivity contribution in [3.63, 3.8) is 0 Å². The molecular weight excluding hydrogens is 310 g/mol. The molecule has 1 fully saturated rings. The van der Waals surface area contributed by atoms with Crippen molar-refractivity contribution in [1.82, 2.24) is 19.8 Å². The van der Waals surface area contributed by atoms with Crippen LogP contribution >= 0.6 is 0 Å². The molecule has 0 radical (unpaired) electrons. The van der Waals surface area contributed by atoms with Crippen LogP contribution in [0.5, 0.6) is 0 Å². The number of nitrogens with one attached hydrogen (secondary N) is 1. The van der Waals surface area contributed by atoms with Gasteiger partial charge in [0.2, 0.25) is 11.8 Å². The summed E-state index contributed by atoms with van der Waals surface area (Å²) in [6, 6.07) is -0.0889. The summed E-state index contributed by atoms with van der Waals surface area (Å²) in [5, 5.41) is 0. The average molecular weight is 333 g/mol. The SMILES string of the molecule is CC(=O)N1C[C@@H](N)CC[C@@H](C(=O)N2CCc3c(nc[nH]c3=O)C2)C1. The minimum Gasteiger partial charge on any atom is -0.341 e. The van der Waals surface area contributed by atoms with Crippen LogP contribution in [0, 0.1) is 5.92 Å². The molecule has 0 spiro atoms. The minimum absolute atomic E-state index is 0.0167. The fraction of sp³-hybridized carbons (Fsp3) is 0.625. The highest BCUT2D eigenvalue weighted by atomic mass is 16.2. The molecular formula is C16H23N5O3. The molecule has 2 aliphatic rings. The fourth-order valence-corrected chi connectivity index (χ4v) is 3.49. The van der Waals surface area contributed by atoms with Gasteiger partial charge in [-0.15, -0.1) is 0 Å². The number of aromatic amines is 1. The van der Waals surface area contributed by atoms with Crippen LogP contribution in [0.1, 0.15) is 31.0 Å². The summed E-state index contributed by atoms with van der Waals surface area (Å²) in [6.07, 6.45) is 3.28. The quantitative estimate of drug-likeness (QED) is 0.701. The third-order valence-electron chi connectivity index (χ3n) is 4.90. The Morgan fingerprint density at radius 2 is 2.08 bits per heavy atom. The Bertz CT molecular complexity index is 701. The van der Waals surface area contributed by atoms with Crippen molar-refractivity contribution in [3.8, 4) is 0 Å². The molecule has 3 heterocycles. The predicted molar refractivity (Wildman–Crippen MR) is 86.9 cm³/mol. The summed E-state index contributed by atoms with van der Waals surface area (Å²) in [7, 11) is 0. The van der Waals surface area contributed by atoms with E-state index in [4.69, 9.17) is 5.73 Å². The van der Waals surface area contributed by atoms with Crippen LogP contribution in [0.3, 0.4) is 0 Å². The van der Waals surface area contributed by atoms with Gasteiger partial charge in [0.1, 0.15) is 0 Å². The lowest BCUT2D eigenvalue weighted by molar-refractivity contribution is -0.138. The second kappa shape index (κ2) is 6.72. The number of H-pyrrole nitrogens is 1. The second-order valence-electron chi connectivity index (χ2n) is 6.63. The summed E-state index contributed by atoms with van der Waals surface area (Å²) >= 11 is 0. The van der Waals surface area contributed by atoms with Crippen molar-refractivity contribution >= 4 is 11.8 Å². The number of carbonyl (C=O) groups excluding carboxylic acids is 2. The molecule has 0 unspecified atom stereocenters. The molecule has 1 saturated heterocycles. The molecule has 0 aliphatic carbocycles. The van der Waals surface area contributed by atoms with Gasteiger partial charge in [-0.3, -0.25) is 14.4 Å². The predicted octanol–water partition coefficient (Wildman–Crippen LogP) is -0.760. The summed E-state index contributed by atoms with van der Waals surface area (Å²) in [6.45, 7) is 3.27. The summed E-state index contributed by atoms with van der Waals surface area (Å²) < 4.78 is 0. The largest absolute Gasteiger partial charge is 0.341 e. The molecule has 3 N–H and O–H groups in total. The van der Waals surface area contributed by atoms with Gasteiger partial charge in [0.15, 0.2) is 0 Å². The van der Waals surface area contributed by atoms with Gasteiger partial charge in [0.25, 0.3) is 5.56 Å². The molecule has 0 bridgehead atoms. The fourth-order valence-electron chi connectivity index (χ4n) is 3.49. The van der Waals surface area contributed by atoms with E-state index in [1.54, 1.807) is 9.80 Å².